The number of nitrogens with one attached hydrogen (secondary N) is 2. The molecule has 0 atom stereocenters. The van der Waals surface area contributed by atoms with Gasteiger partial charge >= 0.3 is 0 Å². The summed E-state index contributed by atoms with van der Waals surface area (Å²) >= 11 is 0. The number of nitrogens with zero attached hydrogens (tertiary/aromatic N) is 3. The third-order valence-electron chi connectivity index (χ3n) is 5.83. The lowest BCUT2D eigenvalue weighted by Gasteiger charge is -2.31. The molecule has 1 aliphatic carbocycles. The first kappa shape index (κ1) is 26.9. The fraction of sp³-hybridized carbons (Fsp3) is 0.480. The molecule has 1 heterocycles. The molecule has 33 heavy (non-hydrogen) atoms. The van der Waals surface area contributed by atoms with E-state index in [-0.39, 0.29) is 35.3 Å². The average molecular weight is 566 g/mol. The van der Waals surface area contributed by atoms with E-state index in [0.29, 0.717) is 31.5 Å². The number of hydrogen-bond donors (Lipinski definition) is 2. The van der Waals surface area contributed by atoms with E-state index in [4.69, 9.17) is 9.73 Å². The lowest BCUT2D eigenvalue weighted by Crippen LogP contribution is -2.49. The molecule has 1 aliphatic rings. The molecule has 2 N–H and O–H groups in total. The Morgan fingerprint density at radius 3 is 2.52 bits per heavy atom. The van der Waals surface area contributed by atoms with Crippen molar-refractivity contribution in [1.82, 2.24) is 20.5 Å². The molecule has 1 aromatic carbocycles. The molecule has 0 unspecified atom stereocenters. The van der Waals surface area contributed by atoms with E-state index in [1.807, 2.05) is 63.5 Å². The normalized spacial score (nSPS) is 14.8. The molecule has 3 rings (SSSR count). The summed E-state index contributed by atoms with van der Waals surface area (Å²) in [6.07, 6.45) is 5.74. The number of carbonyl (C=O) groups is 1. The molecular formula is C25H36IN5O2. The number of hydrogen-bond acceptors (Lipinski definition) is 4. The Hall–Kier alpha value is -2.36. The maximum atomic E-state index is 12.9. The monoisotopic (exact) mass is 565 g/mol. The minimum absolute atomic E-state index is 0. The maximum Gasteiger partial charge on any atom is 0.230 e. The molecule has 1 aromatic heterocycles. The summed E-state index contributed by atoms with van der Waals surface area (Å²) in [4.78, 5) is 23.7. The zero-order valence-corrected chi connectivity index (χ0v) is 22.2. The van der Waals surface area contributed by atoms with Crippen LogP contribution >= 0.6 is 24.0 Å². The molecule has 8 heteroatoms. The Kier molecular flexibility index (Phi) is 10.9. The van der Waals surface area contributed by atoms with Crippen molar-refractivity contribution in [3.63, 3.8) is 0 Å². The van der Waals surface area contributed by atoms with Gasteiger partial charge in [-0.2, -0.15) is 0 Å². The van der Waals surface area contributed by atoms with Crippen LogP contribution in [0.3, 0.4) is 0 Å². The Morgan fingerprint density at radius 1 is 1.12 bits per heavy atom. The van der Waals surface area contributed by atoms with Crippen LogP contribution in [0.4, 0.5) is 0 Å². The molecule has 0 radical (unpaired) electrons. The molecule has 1 fully saturated rings. The summed E-state index contributed by atoms with van der Waals surface area (Å²) in [7, 11) is 3.67. The summed E-state index contributed by atoms with van der Waals surface area (Å²) in [5.74, 6) is 1.48. The van der Waals surface area contributed by atoms with Gasteiger partial charge in [-0.1, -0.05) is 49.2 Å². The maximum absolute atomic E-state index is 12.9. The lowest BCUT2D eigenvalue weighted by atomic mass is 9.84. The summed E-state index contributed by atoms with van der Waals surface area (Å²) < 4.78 is 5.96. The highest BCUT2D eigenvalue weighted by atomic mass is 127. The van der Waals surface area contributed by atoms with Crippen molar-refractivity contribution in [1.29, 1.82) is 0 Å². The van der Waals surface area contributed by atoms with Crippen LogP contribution in [0.15, 0.2) is 53.7 Å². The van der Waals surface area contributed by atoms with E-state index in [0.717, 1.165) is 43.4 Å². The fourth-order valence-corrected chi connectivity index (χ4v) is 4.15. The molecule has 1 saturated carbocycles. The number of ether oxygens (including phenoxy) is 1. The van der Waals surface area contributed by atoms with Gasteiger partial charge in [0.05, 0.1) is 12.0 Å². The number of aliphatic imine (C=N–C) groups is 1. The van der Waals surface area contributed by atoms with Crippen LogP contribution < -0.4 is 15.4 Å². The molecule has 180 valence electrons. The van der Waals surface area contributed by atoms with Gasteiger partial charge in [0.2, 0.25) is 11.8 Å². The van der Waals surface area contributed by atoms with E-state index in [1.54, 1.807) is 11.1 Å². The van der Waals surface area contributed by atoms with Gasteiger partial charge in [0.25, 0.3) is 0 Å². The second-order valence-electron chi connectivity index (χ2n) is 8.48. The number of halogens is 1. The van der Waals surface area contributed by atoms with Crippen molar-refractivity contribution in [2.75, 3.05) is 27.2 Å². The summed E-state index contributed by atoms with van der Waals surface area (Å²) in [5, 5.41) is 6.71. The quantitative estimate of drug-likeness (QED) is 0.273. The van der Waals surface area contributed by atoms with E-state index in [1.165, 1.54) is 0 Å². The highest BCUT2D eigenvalue weighted by molar-refractivity contribution is 14.0. The molecule has 0 bridgehead atoms. The topological polar surface area (TPSA) is 78.9 Å². The third-order valence-corrected chi connectivity index (χ3v) is 5.83. The molecule has 0 spiro atoms. The smallest absolute Gasteiger partial charge is 0.230 e. The molecule has 2 aromatic rings. The van der Waals surface area contributed by atoms with Gasteiger partial charge in [-0.3, -0.25) is 4.79 Å². The predicted molar refractivity (Wildman–Crippen MR) is 143 cm³/mol. The Balaban J connectivity index is 0.00000385. The van der Waals surface area contributed by atoms with Gasteiger partial charge in [0.1, 0.15) is 6.61 Å². The van der Waals surface area contributed by atoms with Crippen LogP contribution in [0.1, 0.15) is 43.7 Å². The predicted octanol–water partition coefficient (Wildman–Crippen LogP) is 3.98. The Morgan fingerprint density at radius 2 is 1.85 bits per heavy atom. The summed E-state index contributed by atoms with van der Waals surface area (Å²) in [6, 6.07) is 13.9. The van der Waals surface area contributed by atoms with E-state index in [2.05, 4.69) is 15.6 Å². The first-order chi connectivity index (χ1) is 15.5. The highest BCUT2D eigenvalue weighted by Gasteiger charge is 2.42. The number of aromatic nitrogens is 1. The van der Waals surface area contributed by atoms with Crippen LogP contribution in [0.5, 0.6) is 5.88 Å². The first-order valence-electron chi connectivity index (χ1n) is 11.4. The van der Waals surface area contributed by atoms with Gasteiger partial charge < -0.3 is 20.3 Å². The Labute approximate surface area is 214 Å². The number of rotatable bonds is 9. The van der Waals surface area contributed by atoms with Crippen LogP contribution in [0.25, 0.3) is 0 Å². The van der Waals surface area contributed by atoms with Crippen molar-refractivity contribution in [2.45, 2.75) is 45.8 Å². The van der Waals surface area contributed by atoms with E-state index in [9.17, 15) is 4.79 Å². The van der Waals surface area contributed by atoms with Crippen molar-refractivity contribution in [3.8, 4) is 5.88 Å². The summed E-state index contributed by atoms with van der Waals surface area (Å²) in [5.41, 5.74) is 1.66. The van der Waals surface area contributed by atoms with Gasteiger partial charge in [-0.15, -0.1) is 24.0 Å². The second kappa shape index (κ2) is 13.4. The van der Waals surface area contributed by atoms with Crippen molar-refractivity contribution < 1.29 is 9.53 Å². The van der Waals surface area contributed by atoms with Gasteiger partial charge in [0, 0.05) is 38.9 Å². The Bertz CT molecular complexity index is 899. The first-order valence-corrected chi connectivity index (χ1v) is 11.4. The third kappa shape index (κ3) is 7.58. The SMILES string of the molecule is CCNC(=NCc1cccnc1OCc1ccccc1)NCC1(C(=O)N(C)C)CCCC1.I. The van der Waals surface area contributed by atoms with Gasteiger partial charge in [0.15, 0.2) is 5.96 Å². The second-order valence-corrected chi connectivity index (χ2v) is 8.48. The number of amides is 1. The van der Waals surface area contributed by atoms with Crippen molar-refractivity contribution in [2.24, 2.45) is 10.4 Å². The number of guanidine groups is 1. The molecular weight excluding hydrogens is 529 g/mol. The van der Waals surface area contributed by atoms with Crippen molar-refractivity contribution >= 4 is 35.8 Å². The molecule has 1 amide bonds. The van der Waals surface area contributed by atoms with Crippen LogP contribution in [-0.4, -0.2) is 48.9 Å². The fourth-order valence-electron chi connectivity index (χ4n) is 4.15. The molecule has 7 nitrogen and oxygen atoms in total. The largest absolute Gasteiger partial charge is 0.473 e. The molecule has 0 saturated heterocycles. The average Bonchev–Trinajstić information content (AvgIpc) is 3.30. The van der Waals surface area contributed by atoms with Crippen LogP contribution in [-0.2, 0) is 17.9 Å². The lowest BCUT2D eigenvalue weighted by molar-refractivity contribution is -0.138. The summed E-state index contributed by atoms with van der Waals surface area (Å²) in [6.45, 7) is 4.25. The molecule has 0 aliphatic heterocycles. The standard InChI is InChI=1S/C25H35N5O2.HI/c1-4-26-24(29-19-25(14-8-9-15-25)23(31)30(2)3)28-17-21-13-10-16-27-22(21)32-18-20-11-6-5-7-12-20;/h5-7,10-13,16H,4,8-9,14-15,17-19H2,1-3H3,(H2,26,28,29);1H. The van der Waals surface area contributed by atoms with Crippen LogP contribution in [0, 0.1) is 5.41 Å². The number of pyridine rings is 1. The van der Waals surface area contributed by atoms with Gasteiger partial charge in [-0.05, 0) is 31.4 Å². The van der Waals surface area contributed by atoms with E-state index < -0.39 is 0 Å². The zero-order valence-electron chi connectivity index (χ0n) is 19.8. The number of carbonyl (C=O) groups excluding carboxylic acids is 1. The highest BCUT2D eigenvalue weighted by Crippen LogP contribution is 2.38. The van der Waals surface area contributed by atoms with Gasteiger partial charge in [-0.25, -0.2) is 9.98 Å². The minimum Gasteiger partial charge on any atom is -0.473 e. The van der Waals surface area contributed by atoms with Crippen molar-refractivity contribution in [3.05, 3.63) is 59.8 Å². The van der Waals surface area contributed by atoms with E-state index >= 15 is 0 Å². The van der Waals surface area contributed by atoms with Crippen LogP contribution in [0.2, 0.25) is 0 Å². The number of benzene rings is 1. The zero-order chi connectivity index (χ0) is 22.8. The minimum atomic E-state index is -0.349.